The largest absolute Gasteiger partial charge is 0.377 e. The number of carbonyl (C=O) groups is 1. The van der Waals surface area contributed by atoms with E-state index in [0.29, 0.717) is 29.5 Å². The van der Waals surface area contributed by atoms with Gasteiger partial charge in [0.1, 0.15) is 0 Å². The Hall–Kier alpha value is -1.36. The van der Waals surface area contributed by atoms with Crippen LogP contribution >= 0.6 is 0 Å². The Kier molecular flexibility index (Phi) is 3.02. The van der Waals surface area contributed by atoms with Crippen LogP contribution in [-0.4, -0.2) is 34.9 Å². The first-order chi connectivity index (χ1) is 9.84. The lowest BCUT2D eigenvalue weighted by Gasteiger charge is -2.50. The quantitative estimate of drug-likeness (QED) is 0.883. The van der Waals surface area contributed by atoms with Crippen molar-refractivity contribution in [2.75, 3.05) is 6.61 Å². The van der Waals surface area contributed by atoms with Crippen LogP contribution in [0.1, 0.15) is 42.5 Å². The molecule has 2 aliphatic carbocycles. The van der Waals surface area contributed by atoms with Gasteiger partial charge in [0.2, 0.25) is 0 Å². The molecule has 2 saturated carbocycles. The van der Waals surface area contributed by atoms with Gasteiger partial charge in [0.05, 0.1) is 17.9 Å². The molecule has 4 rings (SSSR count). The first kappa shape index (κ1) is 12.4. The molecule has 3 aliphatic rings. The molecule has 2 heterocycles. The predicted molar refractivity (Wildman–Crippen MR) is 73.1 cm³/mol. The fourth-order valence-corrected chi connectivity index (χ4v) is 4.47. The normalized spacial score (nSPS) is 36.6. The van der Waals surface area contributed by atoms with Gasteiger partial charge in [-0.1, -0.05) is 25.7 Å². The lowest BCUT2D eigenvalue weighted by atomic mass is 9.61. The van der Waals surface area contributed by atoms with Crippen molar-refractivity contribution in [1.82, 2.24) is 15.5 Å². The molecule has 0 radical (unpaired) electrons. The number of rotatable bonds is 3. The third kappa shape index (κ3) is 1.87. The molecule has 4 atom stereocenters. The van der Waals surface area contributed by atoms with Gasteiger partial charge in [0.25, 0.3) is 5.91 Å². The second-order valence-electron chi connectivity index (χ2n) is 6.40. The number of ether oxygens (including phenoxy) is 1. The number of H-pyrrole nitrogens is 1. The zero-order chi connectivity index (χ0) is 13.5. The molecular weight excluding hydrogens is 254 g/mol. The molecule has 0 aromatic carbocycles. The molecule has 1 aliphatic heterocycles. The van der Waals surface area contributed by atoms with Crippen molar-refractivity contribution in [3.63, 3.8) is 0 Å². The van der Waals surface area contributed by atoms with Gasteiger partial charge in [-0.2, -0.15) is 5.10 Å². The third-order valence-electron chi connectivity index (χ3n) is 5.44. The maximum absolute atomic E-state index is 12.2. The fourth-order valence-electron chi connectivity index (χ4n) is 4.47. The van der Waals surface area contributed by atoms with Crippen molar-refractivity contribution in [2.45, 2.75) is 44.2 Å². The summed E-state index contributed by atoms with van der Waals surface area (Å²) in [7, 11) is 0. The number of hydrogen-bond acceptors (Lipinski definition) is 3. The highest BCUT2D eigenvalue weighted by Crippen LogP contribution is 2.51. The Bertz CT molecular complexity index is 477. The van der Waals surface area contributed by atoms with Crippen LogP contribution in [0, 0.1) is 17.8 Å². The second-order valence-corrected chi connectivity index (χ2v) is 6.40. The monoisotopic (exact) mass is 275 g/mol. The molecule has 0 bridgehead atoms. The molecule has 5 nitrogen and oxygen atoms in total. The van der Waals surface area contributed by atoms with Gasteiger partial charge >= 0.3 is 0 Å². The first-order valence-corrected chi connectivity index (χ1v) is 7.76. The molecule has 1 aromatic heterocycles. The second kappa shape index (κ2) is 4.88. The molecular formula is C15H21N3O2. The first-order valence-electron chi connectivity index (χ1n) is 7.76. The number of fused-ring (bicyclic) bond motifs is 1. The van der Waals surface area contributed by atoms with Crippen molar-refractivity contribution < 1.29 is 9.53 Å². The minimum Gasteiger partial charge on any atom is -0.377 e. The number of nitrogens with zero attached hydrogens (tertiary/aromatic N) is 1. The number of aromatic amines is 1. The Morgan fingerprint density at radius 2 is 2.20 bits per heavy atom. The molecule has 1 saturated heterocycles. The van der Waals surface area contributed by atoms with Crippen LogP contribution in [0.4, 0.5) is 0 Å². The van der Waals surface area contributed by atoms with E-state index in [1.807, 2.05) is 0 Å². The highest BCUT2D eigenvalue weighted by Gasteiger charge is 2.57. The van der Waals surface area contributed by atoms with Crippen LogP contribution in [0.3, 0.4) is 0 Å². The maximum atomic E-state index is 12.2. The molecule has 1 aromatic rings. The van der Waals surface area contributed by atoms with Gasteiger partial charge in [-0.05, 0) is 12.3 Å². The molecule has 1 amide bonds. The highest BCUT2D eigenvalue weighted by atomic mass is 16.5. The topological polar surface area (TPSA) is 67.0 Å². The molecule has 3 fully saturated rings. The highest BCUT2D eigenvalue weighted by molar-refractivity contribution is 5.93. The van der Waals surface area contributed by atoms with E-state index in [1.54, 1.807) is 12.4 Å². The molecule has 5 heteroatoms. The molecule has 0 unspecified atom stereocenters. The fraction of sp³-hybridized carbons (Fsp3) is 0.733. The molecule has 20 heavy (non-hydrogen) atoms. The summed E-state index contributed by atoms with van der Waals surface area (Å²) in [5.74, 6) is 1.79. The van der Waals surface area contributed by atoms with E-state index in [2.05, 4.69) is 15.5 Å². The third-order valence-corrected chi connectivity index (χ3v) is 5.44. The Morgan fingerprint density at radius 3 is 2.95 bits per heavy atom. The standard InChI is InChI=1S/C15H21N3O2/c19-15(10-7-16-17-8-10)18-13-11-5-6-20-14(11)12(13)9-3-1-2-4-9/h7-9,11-14H,1-6H2,(H,16,17)(H,18,19)/t11-,12+,13-,14-/m0/s1. The SMILES string of the molecule is O=C(N[C@H]1[C@@H]2CCO[C@@H]2[C@@H]1C1CCCC1)c1cn[nH]c1. The molecule has 108 valence electrons. The van der Waals surface area contributed by atoms with Crippen LogP contribution in [0.5, 0.6) is 0 Å². The van der Waals surface area contributed by atoms with E-state index in [0.717, 1.165) is 18.9 Å². The van der Waals surface area contributed by atoms with Crippen LogP contribution in [0.25, 0.3) is 0 Å². The summed E-state index contributed by atoms with van der Waals surface area (Å²) >= 11 is 0. The Labute approximate surface area is 118 Å². The maximum Gasteiger partial charge on any atom is 0.254 e. The van der Waals surface area contributed by atoms with Gasteiger partial charge in [-0.25, -0.2) is 0 Å². The van der Waals surface area contributed by atoms with Crippen LogP contribution in [0.15, 0.2) is 12.4 Å². The van der Waals surface area contributed by atoms with Crippen LogP contribution in [-0.2, 0) is 4.74 Å². The van der Waals surface area contributed by atoms with E-state index >= 15 is 0 Å². The van der Waals surface area contributed by atoms with Crippen molar-refractivity contribution in [1.29, 1.82) is 0 Å². The van der Waals surface area contributed by atoms with Gasteiger partial charge in [-0.15, -0.1) is 0 Å². The average molecular weight is 275 g/mol. The summed E-state index contributed by atoms with van der Waals surface area (Å²) in [4.78, 5) is 12.2. The van der Waals surface area contributed by atoms with E-state index < -0.39 is 0 Å². The Balaban J connectivity index is 1.48. The van der Waals surface area contributed by atoms with Gasteiger partial charge < -0.3 is 10.1 Å². The van der Waals surface area contributed by atoms with Crippen molar-refractivity contribution in [2.24, 2.45) is 17.8 Å². The summed E-state index contributed by atoms with van der Waals surface area (Å²) in [6, 6.07) is 0.299. The van der Waals surface area contributed by atoms with E-state index in [9.17, 15) is 4.79 Å². The lowest BCUT2D eigenvalue weighted by molar-refractivity contribution is -0.0784. The van der Waals surface area contributed by atoms with Crippen molar-refractivity contribution in [3.05, 3.63) is 18.0 Å². The van der Waals surface area contributed by atoms with Gasteiger partial charge in [0, 0.05) is 30.7 Å². The van der Waals surface area contributed by atoms with Crippen molar-refractivity contribution in [3.8, 4) is 0 Å². The predicted octanol–water partition coefficient (Wildman–Crippen LogP) is 1.73. The summed E-state index contributed by atoms with van der Waals surface area (Å²) in [5.41, 5.74) is 0.623. The number of aromatic nitrogens is 2. The number of nitrogens with one attached hydrogen (secondary N) is 2. The summed E-state index contributed by atoms with van der Waals surface area (Å²) in [5, 5.41) is 9.78. The average Bonchev–Trinajstić information content (AvgIpc) is 3.18. The van der Waals surface area contributed by atoms with Gasteiger partial charge in [-0.3, -0.25) is 9.89 Å². The zero-order valence-corrected chi connectivity index (χ0v) is 11.5. The summed E-state index contributed by atoms with van der Waals surface area (Å²) < 4.78 is 5.91. The number of carbonyl (C=O) groups excluding carboxylic acids is 1. The lowest BCUT2D eigenvalue weighted by Crippen LogP contribution is -2.63. The van der Waals surface area contributed by atoms with Crippen LogP contribution < -0.4 is 5.32 Å². The molecule has 0 spiro atoms. The number of hydrogen-bond donors (Lipinski definition) is 2. The number of amides is 1. The minimum absolute atomic E-state index is 0.00269. The Morgan fingerprint density at radius 1 is 1.35 bits per heavy atom. The summed E-state index contributed by atoms with van der Waals surface area (Å²) in [6.07, 6.45) is 9.99. The van der Waals surface area contributed by atoms with Crippen molar-refractivity contribution >= 4 is 5.91 Å². The van der Waals surface area contributed by atoms with Gasteiger partial charge in [0.15, 0.2) is 0 Å². The zero-order valence-electron chi connectivity index (χ0n) is 11.5. The van der Waals surface area contributed by atoms with E-state index in [1.165, 1.54) is 25.7 Å². The minimum atomic E-state index is -0.00269. The smallest absolute Gasteiger partial charge is 0.254 e. The van der Waals surface area contributed by atoms with E-state index in [4.69, 9.17) is 4.74 Å². The molecule has 2 N–H and O–H groups in total. The summed E-state index contributed by atoms with van der Waals surface area (Å²) in [6.45, 7) is 0.858. The van der Waals surface area contributed by atoms with Crippen LogP contribution in [0.2, 0.25) is 0 Å². The van der Waals surface area contributed by atoms with E-state index in [-0.39, 0.29) is 5.91 Å².